The van der Waals surface area contributed by atoms with Crippen LogP contribution in [0.5, 0.6) is 5.75 Å². The first kappa shape index (κ1) is 12.1. The van der Waals surface area contributed by atoms with Crippen molar-refractivity contribution in [3.05, 3.63) is 53.7 Å². The van der Waals surface area contributed by atoms with Crippen LogP contribution >= 0.6 is 0 Å². The van der Waals surface area contributed by atoms with Gasteiger partial charge in [0.25, 0.3) is 0 Å². The van der Waals surface area contributed by atoms with Crippen molar-refractivity contribution in [2.24, 2.45) is 0 Å². The van der Waals surface area contributed by atoms with Crippen molar-refractivity contribution in [3.8, 4) is 5.75 Å². The molecule has 1 amide bonds. The summed E-state index contributed by atoms with van der Waals surface area (Å²) < 4.78 is 0. The smallest absolute Gasteiger partial charge is 0.230 e. The lowest BCUT2D eigenvalue weighted by Crippen LogP contribution is -2.15. The van der Waals surface area contributed by atoms with Gasteiger partial charge >= 0.3 is 0 Å². The lowest BCUT2D eigenvalue weighted by Gasteiger charge is -2.06. The zero-order valence-electron chi connectivity index (χ0n) is 10.1. The Labute approximate surface area is 105 Å². The van der Waals surface area contributed by atoms with Gasteiger partial charge in [-0.3, -0.25) is 4.79 Å². The molecule has 0 atom stereocenters. The molecule has 4 heteroatoms. The molecule has 0 aliphatic rings. The Balaban J connectivity index is 2.03. The molecule has 0 aliphatic carbocycles. The molecule has 0 fully saturated rings. The van der Waals surface area contributed by atoms with Crippen LogP contribution in [0.1, 0.15) is 11.1 Å². The molecule has 1 aromatic carbocycles. The number of aromatic nitrogens is 1. The number of phenolic OH excluding ortho intramolecular Hbond substituents is 1. The van der Waals surface area contributed by atoms with Crippen molar-refractivity contribution in [2.75, 3.05) is 5.32 Å². The first-order chi connectivity index (χ1) is 8.65. The van der Waals surface area contributed by atoms with Crippen molar-refractivity contribution in [1.82, 2.24) is 4.98 Å². The summed E-state index contributed by atoms with van der Waals surface area (Å²) in [6.07, 6.45) is 1.77. The number of nitrogens with one attached hydrogen (secondary N) is 1. The summed E-state index contributed by atoms with van der Waals surface area (Å²) in [7, 11) is 0. The van der Waals surface area contributed by atoms with E-state index >= 15 is 0 Å². The minimum Gasteiger partial charge on any atom is -0.508 e. The molecular formula is C14H14N2O2. The highest BCUT2D eigenvalue weighted by Crippen LogP contribution is 2.16. The van der Waals surface area contributed by atoms with Gasteiger partial charge in [-0.15, -0.1) is 0 Å². The van der Waals surface area contributed by atoms with Crippen molar-refractivity contribution >= 4 is 11.7 Å². The number of para-hydroxylation sites is 1. The number of hydrogen-bond acceptors (Lipinski definition) is 3. The van der Waals surface area contributed by atoms with Gasteiger partial charge in [0.15, 0.2) is 0 Å². The highest BCUT2D eigenvalue weighted by molar-refractivity contribution is 5.91. The summed E-state index contributed by atoms with van der Waals surface area (Å²) in [5.74, 6) is 0.454. The van der Waals surface area contributed by atoms with E-state index in [2.05, 4.69) is 10.3 Å². The lowest BCUT2D eigenvalue weighted by molar-refractivity contribution is -0.115. The number of carbonyl (C=O) groups excluding carboxylic acids is 1. The summed E-state index contributed by atoms with van der Waals surface area (Å²) >= 11 is 0. The summed E-state index contributed by atoms with van der Waals surface area (Å²) in [4.78, 5) is 15.8. The second-order valence-electron chi connectivity index (χ2n) is 4.07. The van der Waals surface area contributed by atoms with E-state index in [1.165, 1.54) is 0 Å². The number of aryl methyl sites for hydroxylation is 1. The molecule has 0 bridgehead atoms. The molecule has 18 heavy (non-hydrogen) atoms. The summed E-state index contributed by atoms with van der Waals surface area (Å²) in [5, 5.41) is 12.3. The van der Waals surface area contributed by atoms with E-state index in [1.807, 2.05) is 13.0 Å². The third-order valence-corrected chi connectivity index (χ3v) is 2.53. The van der Waals surface area contributed by atoms with Crippen molar-refractivity contribution in [3.63, 3.8) is 0 Å². The van der Waals surface area contributed by atoms with Gasteiger partial charge in [-0.2, -0.15) is 0 Å². The number of pyridine rings is 1. The van der Waals surface area contributed by atoms with E-state index in [9.17, 15) is 9.90 Å². The number of hydrogen-bond donors (Lipinski definition) is 2. The molecular weight excluding hydrogens is 228 g/mol. The van der Waals surface area contributed by atoms with E-state index in [1.54, 1.807) is 36.5 Å². The molecule has 0 saturated heterocycles. The summed E-state index contributed by atoms with van der Waals surface area (Å²) in [6, 6.07) is 10.4. The fraction of sp³-hybridized carbons (Fsp3) is 0.143. The Kier molecular flexibility index (Phi) is 3.57. The van der Waals surface area contributed by atoms with Crippen LogP contribution in [0.25, 0.3) is 0 Å². The first-order valence-corrected chi connectivity index (χ1v) is 5.64. The number of amides is 1. The first-order valence-electron chi connectivity index (χ1n) is 5.64. The van der Waals surface area contributed by atoms with Crippen LogP contribution in [0.15, 0.2) is 42.6 Å². The van der Waals surface area contributed by atoms with Crippen LogP contribution in [0.3, 0.4) is 0 Å². The summed E-state index contributed by atoms with van der Waals surface area (Å²) in [6.45, 7) is 1.93. The zero-order valence-corrected chi connectivity index (χ0v) is 10.1. The maximum absolute atomic E-state index is 11.8. The number of benzene rings is 1. The van der Waals surface area contributed by atoms with Gasteiger partial charge in [-0.25, -0.2) is 4.98 Å². The van der Waals surface area contributed by atoms with Gasteiger partial charge in [0.2, 0.25) is 5.91 Å². The monoisotopic (exact) mass is 242 g/mol. The molecule has 0 aliphatic heterocycles. The quantitative estimate of drug-likeness (QED) is 0.868. The number of phenols is 1. The molecule has 2 aromatic rings. The fourth-order valence-corrected chi connectivity index (χ4v) is 1.62. The average molecular weight is 242 g/mol. The topological polar surface area (TPSA) is 62.2 Å². The Morgan fingerprint density at radius 1 is 1.33 bits per heavy atom. The van der Waals surface area contributed by atoms with E-state index in [-0.39, 0.29) is 18.1 Å². The molecule has 1 heterocycles. The van der Waals surface area contributed by atoms with Crippen LogP contribution in [0, 0.1) is 6.92 Å². The number of carbonyl (C=O) groups is 1. The van der Waals surface area contributed by atoms with Crippen molar-refractivity contribution in [2.45, 2.75) is 13.3 Å². The van der Waals surface area contributed by atoms with Gasteiger partial charge < -0.3 is 10.4 Å². The number of nitrogens with zero attached hydrogens (tertiary/aromatic N) is 1. The Morgan fingerprint density at radius 2 is 2.11 bits per heavy atom. The highest BCUT2D eigenvalue weighted by atomic mass is 16.3. The molecule has 2 N–H and O–H groups in total. The molecule has 0 spiro atoms. The standard InChI is InChI=1S/C14H14N2O2/c1-10-6-7-15-13(8-10)16-14(18)9-11-4-2-3-5-12(11)17/h2-8,17H,9H2,1H3,(H,15,16,18). The number of aromatic hydroxyl groups is 1. The molecule has 2 rings (SSSR count). The van der Waals surface area contributed by atoms with E-state index in [4.69, 9.17) is 0 Å². The Hall–Kier alpha value is -2.36. The van der Waals surface area contributed by atoms with Gasteiger partial charge in [0.1, 0.15) is 11.6 Å². The molecule has 1 aromatic heterocycles. The minimum atomic E-state index is -0.199. The molecule has 0 radical (unpaired) electrons. The van der Waals surface area contributed by atoms with Gasteiger partial charge in [-0.05, 0) is 30.7 Å². The van der Waals surface area contributed by atoms with Crippen molar-refractivity contribution < 1.29 is 9.90 Å². The Bertz CT molecular complexity index is 567. The zero-order chi connectivity index (χ0) is 13.0. The van der Waals surface area contributed by atoms with Gasteiger partial charge in [0, 0.05) is 11.8 Å². The maximum atomic E-state index is 11.8. The van der Waals surface area contributed by atoms with Crippen molar-refractivity contribution in [1.29, 1.82) is 0 Å². The predicted molar refractivity (Wildman–Crippen MR) is 69.4 cm³/mol. The minimum absolute atomic E-state index is 0.127. The lowest BCUT2D eigenvalue weighted by atomic mass is 10.1. The van der Waals surface area contributed by atoms with Crippen LogP contribution in [0.4, 0.5) is 5.82 Å². The van der Waals surface area contributed by atoms with Crippen LogP contribution in [-0.2, 0) is 11.2 Å². The normalized spacial score (nSPS) is 10.1. The molecule has 92 valence electrons. The number of anilines is 1. The van der Waals surface area contributed by atoms with E-state index in [0.717, 1.165) is 5.56 Å². The summed E-state index contributed by atoms with van der Waals surface area (Å²) in [5.41, 5.74) is 1.63. The van der Waals surface area contributed by atoms with E-state index in [0.29, 0.717) is 11.4 Å². The van der Waals surface area contributed by atoms with Crippen LogP contribution < -0.4 is 5.32 Å². The second kappa shape index (κ2) is 5.31. The van der Waals surface area contributed by atoms with Gasteiger partial charge in [-0.1, -0.05) is 18.2 Å². The average Bonchev–Trinajstić information content (AvgIpc) is 2.32. The SMILES string of the molecule is Cc1ccnc(NC(=O)Cc2ccccc2O)c1. The molecule has 4 nitrogen and oxygen atoms in total. The number of rotatable bonds is 3. The molecule has 0 saturated carbocycles. The third kappa shape index (κ3) is 3.07. The third-order valence-electron chi connectivity index (χ3n) is 2.53. The predicted octanol–water partition coefficient (Wildman–Crippen LogP) is 2.28. The fourth-order valence-electron chi connectivity index (χ4n) is 1.62. The molecule has 0 unspecified atom stereocenters. The van der Waals surface area contributed by atoms with Gasteiger partial charge in [0.05, 0.1) is 6.42 Å². The Morgan fingerprint density at radius 3 is 2.83 bits per heavy atom. The van der Waals surface area contributed by atoms with Crippen LogP contribution in [-0.4, -0.2) is 16.0 Å². The van der Waals surface area contributed by atoms with E-state index < -0.39 is 0 Å². The highest BCUT2D eigenvalue weighted by Gasteiger charge is 2.07. The maximum Gasteiger partial charge on any atom is 0.230 e. The largest absolute Gasteiger partial charge is 0.508 e. The van der Waals surface area contributed by atoms with Crippen LogP contribution in [0.2, 0.25) is 0 Å². The second-order valence-corrected chi connectivity index (χ2v) is 4.07.